The van der Waals surface area contributed by atoms with Crippen molar-refractivity contribution in [2.45, 2.75) is 52.1 Å². The van der Waals surface area contributed by atoms with Gasteiger partial charge in [-0.25, -0.2) is 0 Å². The van der Waals surface area contributed by atoms with Crippen molar-refractivity contribution in [3.8, 4) is 0 Å². The van der Waals surface area contributed by atoms with E-state index in [1.165, 1.54) is 5.56 Å². The minimum absolute atomic E-state index is 0.0761. The van der Waals surface area contributed by atoms with Crippen LogP contribution in [0.4, 0.5) is 0 Å². The van der Waals surface area contributed by atoms with Gasteiger partial charge in [0.15, 0.2) is 0 Å². The lowest BCUT2D eigenvalue weighted by atomic mass is 10.2. The molecule has 0 aliphatic carbocycles. The van der Waals surface area contributed by atoms with Crippen molar-refractivity contribution in [3.05, 3.63) is 18.0 Å². The molecule has 0 fully saturated rings. The second-order valence-corrected chi connectivity index (χ2v) is 5.15. The molecule has 1 aromatic rings. The van der Waals surface area contributed by atoms with Gasteiger partial charge in [-0.3, -0.25) is 9.48 Å². The van der Waals surface area contributed by atoms with E-state index in [9.17, 15) is 4.79 Å². The van der Waals surface area contributed by atoms with Gasteiger partial charge in [0.2, 0.25) is 5.91 Å². The molecule has 0 saturated heterocycles. The number of hydrogen-bond donors (Lipinski definition) is 2. The Morgan fingerprint density at radius 2 is 2.21 bits per heavy atom. The minimum atomic E-state index is -0.157. The summed E-state index contributed by atoms with van der Waals surface area (Å²) >= 11 is 0. The molecular weight excluding hydrogens is 240 g/mol. The highest BCUT2D eigenvalue weighted by Gasteiger charge is 2.13. The minimum Gasteiger partial charge on any atom is -0.352 e. The molecule has 1 amide bonds. The van der Waals surface area contributed by atoms with Crippen molar-refractivity contribution < 1.29 is 4.79 Å². The fourth-order valence-corrected chi connectivity index (χ4v) is 2.00. The largest absolute Gasteiger partial charge is 0.352 e. The van der Waals surface area contributed by atoms with E-state index in [1.807, 2.05) is 33.3 Å². The van der Waals surface area contributed by atoms with Crippen molar-refractivity contribution in [1.29, 1.82) is 0 Å². The number of amides is 1. The summed E-state index contributed by atoms with van der Waals surface area (Å²) in [7, 11) is 1.90. The number of carbonyl (C=O) groups excluding carboxylic acids is 1. The summed E-state index contributed by atoms with van der Waals surface area (Å²) < 4.78 is 1.79. The van der Waals surface area contributed by atoms with E-state index in [0.29, 0.717) is 0 Å². The first-order valence-electron chi connectivity index (χ1n) is 7.04. The van der Waals surface area contributed by atoms with Crippen LogP contribution in [-0.4, -0.2) is 34.3 Å². The Morgan fingerprint density at radius 1 is 1.47 bits per heavy atom. The molecule has 2 unspecified atom stereocenters. The molecule has 0 saturated carbocycles. The van der Waals surface area contributed by atoms with E-state index >= 15 is 0 Å². The summed E-state index contributed by atoms with van der Waals surface area (Å²) in [5.41, 5.74) is 1.18. The molecule has 0 radical (unpaired) electrons. The SMILES string of the molecule is CCCC(C)NC(=O)C(C)NCCc1cnn(C)c1. The molecule has 0 aliphatic rings. The third-order valence-corrected chi connectivity index (χ3v) is 3.13. The van der Waals surface area contributed by atoms with Gasteiger partial charge in [-0.05, 0) is 32.3 Å². The Kier molecular flexibility index (Phi) is 6.56. The average molecular weight is 266 g/mol. The summed E-state index contributed by atoms with van der Waals surface area (Å²) in [5.74, 6) is 0.0761. The lowest BCUT2D eigenvalue weighted by molar-refractivity contribution is -0.123. The lowest BCUT2D eigenvalue weighted by Crippen LogP contribution is -2.45. The monoisotopic (exact) mass is 266 g/mol. The molecule has 0 aromatic carbocycles. The average Bonchev–Trinajstić information content (AvgIpc) is 2.75. The standard InChI is InChI=1S/C14H26N4O/c1-5-6-11(2)17-14(19)12(3)15-8-7-13-9-16-18(4)10-13/h9-12,15H,5-8H2,1-4H3,(H,17,19). The number of carbonyl (C=O) groups is 1. The van der Waals surface area contributed by atoms with Gasteiger partial charge in [-0.1, -0.05) is 13.3 Å². The van der Waals surface area contributed by atoms with E-state index in [4.69, 9.17) is 0 Å². The predicted molar refractivity (Wildman–Crippen MR) is 76.9 cm³/mol. The summed E-state index contributed by atoms with van der Waals surface area (Å²) in [6, 6.07) is 0.0936. The van der Waals surface area contributed by atoms with Crippen molar-refractivity contribution in [1.82, 2.24) is 20.4 Å². The van der Waals surface area contributed by atoms with E-state index < -0.39 is 0 Å². The highest BCUT2D eigenvalue weighted by atomic mass is 16.2. The summed E-state index contributed by atoms with van der Waals surface area (Å²) in [5, 5.41) is 10.4. The van der Waals surface area contributed by atoms with E-state index in [-0.39, 0.29) is 18.0 Å². The van der Waals surface area contributed by atoms with E-state index in [0.717, 1.165) is 25.8 Å². The van der Waals surface area contributed by atoms with Crippen molar-refractivity contribution >= 4 is 5.91 Å². The Hall–Kier alpha value is -1.36. The van der Waals surface area contributed by atoms with Crippen LogP contribution in [0.2, 0.25) is 0 Å². The zero-order chi connectivity index (χ0) is 14.3. The van der Waals surface area contributed by atoms with Crippen molar-refractivity contribution in [2.75, 3.05) is 6.54 Å². The second kappa shape index (κ2) is 7.94. The molecule has 2 N–H and O–H groups in total. The van der Waals surface area contributed by atoms with Crippen LogP contribution in [0.3, 0.4) is 0 Å². The fraction of sp³-hybridized carbons (Fsp3) is 0.714. The Bertz CT molecular complexity index is 389. The molecule has 108 valence electrons. The number of aryl methyl sites for hydroxylation is 1. The van der Waals surface area contributed by atoms with Gasteiger partial charge in [-0.15, -0.1) is 0 Å². The normalized spacial score (nSPS) is 14.1. The van der Waals surface area contributed by atoms with Gasteiger partial charge >= 0.3 is 0 Å². The van der Waals surface area contributed by atoms with Crippen LogP contribution in [0.25, 0.3) is 0 Å². The Balaban J connectivity index is 2.23. The van der Waals surface area contributed by atoms with E-state index in [2.05, 4.69) is 22.7 Å². The lowest BCUT2D eigenvalue weighted by Gasteiger charge is -2.18. The van der Waals surface area contributed by atoms with Gasteiger partial charge in [0.1, 0.15) is 0 Å². The Morgan fingerprint density at radius 3 is 2.79 bits per heavy atom. The quantitative estimate of drug-likeness (QED) is 0.744. The molecule has 0 bridgehead atoms. The molecule has 19 heavy (non-hydrogen) atoms. The van der Waals surface area contributed by atoms with Crippen LogP contribution in [0.5, 0.6) is 0 Å². The third kappa shape index (κ3) is 5.87. The summed E-state index contributed by atoms with van der Waals surface area (Å²) in [4.78, 5) is 11.9. The van der Waals surface area contributed by atoms with Crippen molar-refractivity contribution in [2.24, 2.45) is 7.05 Å². The van der Waals surface area contributed by atoms with Crippen LogP contribution in [0, 0.1) is 0 Å². The highest BCUT2D eigenvalue weighted by molar-refractivity contribution is 5.81. The number of aromatic nitrogens is 2. The first kappa shape index (κ1) is 15.7. The van der Waals surface area contributed by atoms with Crippen molar-refractivity contribution in [3.63, 3.8) is 0 Å². The fourth-order valence-electron chi connectivity index (χ4n) is 2.00. The zero-order valence-corrected chi connectivity index (χ0v) is 12.4. The molecule has 2 atom stereocenters. The van der Waals surface area contributed by atoms with Gasteiger partial charge in [0, 0.05) is 25.8 Å². The Labute approximate surface area is 115 Å². The molecule has 5 heteroatoms. The molecule has 1 heterocycles. The van der Waals surface area contributed by atoms with Gasteiger partial charge in [0.05, 0.1) is 12.2 Å². The van der Waals surface area contributed by atoms with Crippen LogP contribution in [0.1, 0.15) is 39.2 Å². The molecule has 1 rings (SSSR count). The maximum Gasteiger partial charge on any atom is 0.237 e. The first-order chi connectivity index (χ1) is 9.02. The molecular formula is C14H26N4O. The summed E-state index contributed by atoms with van der Waals surface area (Å²) in [6.07, 6.45) is 6.85. The van der Waals surface area contributed by atoms with Gasteiger partial charge < -0.3 is 10.6 Å². The summed E-state index contributed by atoms with van der Waals surface area (Å²) in [6.45, 7) is 6.85. The van der Waals surface area contributed by atoms with Crippen LogP contribution < -0.4 is 10.6 Å². The molecule has 5 nitrogen and oxygen atoms in total. The smallest absolute Gasteiger partial charge is 0.237 e. The second-order valence-electron chi connectivity index (χ2n) is 5.15. The van der Waals surface area contributed by atoms with Crippen LogP contribution in [-0.2, 0) is 18.3 Å². The predicted octanol–water partition coefficient (Wildman–Crippen LogP) is 1.25. The van der Waals surface area contributed by atoms with E-state index in [1.54, 1.807) is 4.68 Å². The van der Waals surface area contributed by atoms with Gasteiger partial charge in [0.25, 0.3) is 0 Å². The first-order valence-corrected chi connectivity index (χ1v) is 7.04. The highest BCUT2D eigenvalue weighted by Crippen LogP contribution is 1.98. The molecule has 1 aromatic heterocycles. The topological polar surface area (TPSA) is 59.0 Å². The maximum absolute atomic E-state index is 11.9. The molecule has 0 aliphatic heterocycles. The van der Waals surface area contributed by atoms with Gasteiger partial charge in [-0.2, -0.15) is 5.10 Å². The molecule has 0 spiro atoms. The maximum atomic E-state index is 11.9. The zero-order valence-electron chi connectivity index (χ0n) is 12.4. The van der Waals surface area contributed by atoms with Crippen LogP contribution in [0.15, 0.2) is 12.4 Å². The number of rotatable bonds is 8. The van der Waals surface area contributed by atoms with Crippen LogP contribution >= 0.6 is 0 Å². The number of hydrogen-bond acceptors (Lipinski definition) is 3. The third-order valence-electron chi connectivity index (χ3n) is 3.13. The number of nitrogens with one attached hydrogen (secondary N) is 2. The number of nitrogens with zero attached hydrogens (tertiary/aromatic N) is 2.